The number of hydrogen-bond acceptors (Lipinski definition) is 4. The molecule has 1 aliphatic carbocycles. The van der Waals surface area contributed by atoms with E-state index in [2.05, 4.69) is 38.3 Å². The summed E-state index contributed by atoms with van der Waals surface area (Å²) in [5.74, 6) is 2.48. The Kier molecular flexibility index (Phi) is 21.6. The first-order valence-corrected chi connectivity index (χ1v) is 17.0. The van der Waals surface area contributed by atoms with Gasteiger partial charge in [-0.15, -0.1) is 0 Å². The van der Waals surface area contributed by atoms with Crippen LogP contribution in [0, 0.1) is 29.6 Å². The second-order valence-corrected chi connectivity index (χ2v) is 13.4. The molecular formula is C34H64N2O5. The molecule has 7 heteroatoms. The lowest BCUT2D eigenvalue weighted by Gasteiger charge is -2.21. The van der Waals surface area contributed by atoms with Crippen molar-refractivity contribution in [1.82, 2.24) is 10.6 Å². The molecule has 4 atom stereocenters. The van der Waals surface area contributed by atoms with Crippen LogP contribution in [0.15, 0.2) is 0 Å². The molecule has 0 aromatic carbocycles. The van der Waals surface area contributed by atoms with Crippen LogP contribution in [0.3, 0.4) is 0 Å². The van der Waals surface area contributed by atoms with Crippen LogP contribution in [0.5, 0.6) is 0 Å². The first kappa shape index (κ1) is 37.2. The Morgan fingerprint density at radius 2 is 1.12 bits per heavy atom. The molecule has 0 aliphatic heterocycles. The van der Waals surface area contributed by atoms with Crippen LogP contribution >= 0.6 is 0 Å². The van der Waals surface area contributed by atoms with Crippen LogP contribution in [0.25, 0.3) is 0 Å². The van der Waals surface area contributed by atoms with E-state index in [1.165, 1.54) is 77.0 Å². The zero-order valence-electron chi connectivity index (χ0n) is 27.0. The van der Waals surface area contributed by atoms with Gasteiger partial charge in [-0.3, -0.25) is 9.59 Å². The molecule has 3 N–H and O–H groups in total. The molecule has 240 valence electrons. The highest BCUT2D eigenvalue weighted by atomic mass is 16.5. The molecule has 41 heavy (non-hydrogen) atoms. The number of unbranched alkanes of at least 4 members (excludes halogenated alkanes) is 1. The fourth-order valence-electron chi connectivity index (χ4n) is 5.99. The molecule has 7 nitrogen and oxygen atoms in total. The Balaban J connectivity index is 1.94. The third-order valence-electron chi connectivity index (χ3n) is 9.04. The highest BCUT2D eigenvalue weighted by Gasteiger charge is 2.15. The van der Waals surface area contributed by atoms with Crippen LogP contribution in [-0.2, 0) is 14.3 Å². The van der Waals surface area contributed by atoms with Gasteiger partial charge in [0.25, 0.3) is 0 Å². The van der Waals surface area contributed by atoms with Crippen molar-refractivity contribution < 1.29 is 24.2 Å². The predicted molar refractivity (Wildman–Crippen MR) is 168 cm³/mol. The molecule has 0 bridgehead atoms. The number of ether oxygens (including phenoxy) is 1. The van der Waals surface area contributed by atoms with Crippen LogP contribution in [0.4, 0.5) is 4.79 Å². The SMILES string of the molecule is CC(CCCCC(C)CCCC(C)CCC(=O)NCCNC(=O)OCC1CCCCC1)CCCC(C)CCC(=O)O. The minimum atomic E-state index is -0.680. The van der Waals surface area contributed by atoms with Crippen molar-refractivity contribution in [3.05, 3.63) is 0 Å². The first-order chi connectivity index (χ1) is 19.7. The van der Waals surface area contributed by atoms with Gasteiger partial charge in [0, 0.05) is 25.9 Å². The van der Waals surface area contributed by atoms with Crippen molar-refractivity contribution in [3.8, 4) is 0 Å². The average molecular weight is 581 g/mol. The maximum absolute atomic E-state index is 12.2. The van der Waals surface area contributed by atoms with Gasteiger partial charge in [0.15, 0.2) is 0 Å². The van der Waals surface area contributed by atoms with Gasteiger partial charge in [-0.05, 0) is 55.3 Å². The second-order valence-electron chi connectivity index (χ2n) is 13.4. The van der Waals surface area contributed by atoms with Crippen molar-refractivity contribution in [2.24, 2.45) is 29.6 Å². The molecule has 1 saturated carbocycles. The number of alkyl carbamates (subject to hydrolysis) is 1. The zero-order chi connectivity index (χ0) is 30.3. The molecule has 1 rings (SSSR count). The quantitative estimate of drug-likeness (QED) is 0.0993. The predicted octanol–water partition coefficient (Wildman–Crippen LogP) is 8.50. The normalized spacial score (nSPS) is 16.9. The molecule has 0 aromatic heterocycles. The van der Waals surface area contributed by atoms with E-state index >= 15 is 0 Å². The third kappa shape index (κ3) is 22.5. The monoisotopic (exact) mass is 580 g/mol. The standard InChI is InChI=1S/C34H64N2O5/c1-27(12-8-9-13-28(2)15-11-17-30(4)21-23-33(38)39)14-10-16-29(3)20-22-32(37)35-24-25-36-34(40)41-26-31-18-6-5-7-19-31/h27-31H,5-26H2,1-4H3,(H,35,37)(H,36,40)(H,38,39). The van der Waals surface area contributed by atoms with Gasteiger partial charge in [-0.2, -0.15) is 0 Å². The van der Waals surface area contributed by atoms with Crippen LogP contribution in [-0.4, -0.2) is 42.8 Å². The first-order valence-electron chi connectivity index (χ1n) is 17.0. The van der Waals surface area contributed by atoms with Crippen molar-refractivity contribution in [3.63, 3.8) is 0 Å². The molecule has 2 amide bonds. The molecule has 1 fully saturated rings. The lowest BCUT2D eigenvalue weighted by molar-refractivity contribution is -0.137. The highest BCUT2D eigenvalue weighted by Crippen LogP contribution is 2.24. The number of carbonyl (C=O) groups is 3. The summed E-state index contributed by atoms with van der Waals surface area (Å²) in [6.07, 6.45) is 20.8. The van der Waals surface area contributed by atoms with Gasteiger partial charge >= 0.3 is 12.1 Å². The van der Waals surface area contributed by atoms with Crippen molar-refractivity contribution in [1.29, 1.82) is 0 Å². The fraction of sp³-hybridized carbons (Fsp3) is 0.912. The van der Waals surface area contributed by atoms with Crippen LogP contribution < -0.4 is 10.6 Å². The Bertz CT molecular complexity index is 695. The molecule has 0 spiro atoms. The van der Waals surface area contributed by atoms with Crippen LogP contribution in [0.1, 0.15) is 150 Å². The fourth-order valence-corrected chi connectivity index (χ4v) is 5.99. The van der Waals surface area contributed by atoms with E-state index < -0.39 is 5.97 Å². The Labute approximate surface area is 251 Å². The number of carboxylic acids is 1. The topological polar surface area (TPSA) is 105 Å². The third-order valence-corrected chi connectivity index (χ3v) is 9.04. The maximum Gasteiger partial charge on any atom is 0.407 e. The number of amides is 2. The lowest BCUT2D eigenvalue weighted by atomic mass is 9.90. The van der Waals surface area contributed by atoms with E-state index in [0.717, 1.165) is 43.9 Å². The summed E-state index contributed by atoms with van der Waals surface area (Å²) in [4.78, 5) is 34.7. The summed E-state index contributed by atoms with van der Waals surface area (Å²) in [6.45, 7) is 10.5. The molecule has 1 aliphatic rings. The minimum Gasteiger partial charge on any atom is -0.481 e. The van der Waals surface area contributed by atoms with E-state index in [1.807, 2.05) is 0 Å². The Morgan fingerprint density at radius 3 is 1.66 bits per heavy atom. The number of nitrogens with one attached hydrogen (secondary N) is 2. The van der Waals surface area contributed by atoms with E-state index in [1.54, 1.807) is 0 Å². The summed E-state index contributed by atoms with van der Waals surface area (Å²) in [6, 6.07) is 0. The number of hydrogen-bond donors (Lipinski definition) is 3. The molecule has 0 radical (unpaired) electrons. The van der Waals surface area contributed by atoms with Gasteiger partial charge < -0.3 is 20.5 Å². The average Bonchev–Trinajstić information content (AvgIpc) is 2.95. The molecule has 4 unspecified atom stereocenters. The maximum atomic E-state index is 12.2. The van der Waals surface area contributed by atoms with Gasteiger partial charge in [-0.1, -0.05) is 111 Å². The number of carbonyl (C=O) groups excluding carboxylic acids is 2. The zero-order valence-corrected chi connectivity index (χ0v) is 27.0. The number of aliphatic carboxylic acids is 1. The summed E-state index contributed by atoms with van der Waals surface area (Å²) in [5, 5.41) is 14.4. The summed E-state index contributed by atoms with van der Waals surface area (Å²) in [7, 11) is 0. The van der Waals surface area contributed by atoms with Crippen molar-refractivity contribution >= 4 is 18.0 Å². The van der Waals surface area contributed by atoms with Gasteiger partial charge in [0.05, 0.1) is 6.61 Å². The van der Waals surface area contributed by atoms with E-state index in [-0.39, 0.29) is 12.0 Å². The highest BCUT2D eigenvalue weighted by molar-refractivity contribution is 5.75. The van der Waals surface area contributed by atoms with Gasteiger partial charge in [0.2, 0.25) is 5.91 Å². The van der Waals surface area contributed by atoms with Crippen LogP contribution in [0.2, 0.25) is 0 Å². The minimum absolute atomic E-state index is 0.0597. The summed E-state index contributed by atoms with van der Waals surface area (Å²) < 4.78 is 5.31. The Hall–Kier alpha value is -1.79. The van der Waals surface area contributed by atoms with E-state index in [4.69, 9.17) is 9.84 Å². The molecule has 0 heterocycles. The smallest absolute Gasteiger partial charge is 0.407 e. The van der Waals surface area contributed by atoms with Crippen molar-refractivity contribution in [2.75, 3.05) is 19.7 Å². The number of rotatable bonds is 24. The van der Waals surface area contributed by atoms with Crippen molar-refractivity contribution in [2.45, 2.75) is 150 Å². The van der Waals surface area contributed by atoms with E-state index in [0.29, 0.717) is 50.3 Å². The lowest BCUT2D eigenvalue weighted by Crippen LogP contribution is -2.35. The second kappa shape index (κ2) is 23.7. The summed E-state index contributed by atoms with van der Waals surface area (Å²) >= 11 is 0. The molecule has 0 aromatic rings. The molecular weight excluding hydrogens is 516 g/mol. The van der Waals surface area contributed by atoms with E-state index in [9.17, 15) is 14.4 Å². The number of carboxylic acid groups (broad SMARTS) is 1. The van der Waals surface area contributed by atoms with Gasteiger partial charge in [0.1, 0.15) is 0 Å². The Morgan fingerprint density at radius 1 is 0.659 bits per heavy atom. The molecule has 0 saturated heterocycles. The van der Waals surface area contributed by atoms with Gasteiger partial charge in [-0.25, -0.2) is 4.79 Å². The largest absolute Gasteiger partial charge is 0.481 e. The summed E-state index contributed by atoms with van der Waals surface area (Å²) in [5.41, 5.74) is 0.